The smallest absolute Gasteiger partial charge is 0.306 e. The van der Waals surface area contributed by atoms with Gasteiger partial charge in [0.25, 0.3) is 0 Å². The Balaban J connectivity index is 3.02. The van der Waals surface area contributed by atoms with Crippen molar-refractivity contribution in [1.29, 1.82) is 0 Å². The topological polar surface area (TPSA) is 44.8 Å². The van der Waals surface area contributed by atoms with E-state index in [2.05, 4.69) is 0 Å². The van der Waals surface area contributed by atoms with Crippen molar-refractivity contribution in [3.8, 4) is 11.5 Å². The molecule has 0 fully saturated rings. The highest BCUT2D eigenvalue weighted by molar-refractivity contribution is 5.70. The molecule has 4 heteroatoms. The molecule has 0 bridgehead atoms. The summed E-state index contributed by atoms with van der Waals surface area (Å²) in [6.45, 7) is 5.66. The van der Waals surface area contributed by atoms with Gasteiger partial charge in [0.2, 0.25) is 0 Å². The van der Waals surface area contributed by atoms with Gasteiger partial charge >= 0.3 is 5.97 Å². The van der Waals surface area contributed by atoms with Crippen LogP contribution in [0.2, 0.25) is 0 Å². The van der Waals surface area contributed by atoms with E-state index in [1.54, 1.807) is 20.3 Å². The summed E-state index contributed by atoms with van der Waals surface area (Å²) in [5.74, 6) is 1.15. The summed E-state index contributed by atoms with van der Waals surface area (Å²) in [5.41, 5.74) is 0.127. The summed E-state index contributed by atoms with van der Waals surface area (Å²) in [5, 5.41) is 0. The van der Waals surface area contributed by atoms with E-state index in [1.165, 1.54) is 0 Å². The molecule has 1 aromatic carbocycles. The fourth-order valence-corrected chi connectivity index (χ4v) is 1.75. The van der Waals surface area contributed by atoms with Gasteiger partial charge in [0.15, 0.2) is 0 Å². The zero-order chi connectivity index (χ0) is 14.5. The second-order valence-electron chi connectivity index (χ2n) is 4.84. The lowest BCUT2D eigenvalue weighted by Gasteiger charge is -2.26. The number of esters is 1. The highest BCUT2D eigenvalue weighted by Gasteiger charge is 2.26. The van der Waals surface area contributed by atoms with E-state index in [-0.39, 0.29) is 5.97 Å². The average molecular weight is 266 g/mol. The molecule has 0 saturated carbocycles. The maximum absolute atomic E-state index is 11.7. The Bertz CT molecular complexity index is 416. The normalized spacial score (nSPS) is 11.0. The van der Waals surface area contributed by atoms with Crippen molar-refractivity contribution in [2.45, 2.75) is 39.2 Å². The minimum Gasteiger partial charge on any atom is -0.497 e. The van der Waals surface area contributed by atoms with Crippen molar-refractivity contribution in [1.82, 2.24) is 0 Å². The Morgan fingerprint density at radius 3 is 2.05 bits per heavy atom. The van der Waals surface area contributed by atoms with Crippen LogP contribution in [0.15, 0.2) is 18.2 Å². The molecule has 1 rings (SSSR count). The van der Waals surface area contributed by atoms with E-state index in [0.29, 0.717) is 17.9 Å². The van der Waals surface area contributed by atoms with Gasteiger partial charge in [0, 0.05) is 18.1 Å². The molecular formula is C15H22O4. The van der Waals surface area contributed by atoms with Gasteiger partial charge in [0.1, 0.15) is 17.1 Å². The van der Waals surface area contributed by atoms with Crippen LogP contribution in [0.5, 0.6) is 11.5 Å². The second-order valence-corrected chi connectivity index (χ2v) is 4.84. The van der Waals surface area contributed by atoms with Gasteiger partial charge in [-0.3, -0.25) is 4.79 Å². The van der Waals surface area contributed by atoms with Crippen molar-refractivity contribution in [3.05, 3.63) is 23.8 Å². The molecule has 4 nitrogen and oxygen atoms in total. The summed E-state index contributed by atoms with van der Waals surface area (Å²) in [6.07, 6.45) is 1.20. The predicted octanol–water partition coefficient (Wildman–Crippen LogP) is 3.28. The summed E-state index contributed by atoms with van der Waals surface area (Å²) >= 11 is 0. The van der Waals surface area contributed by atoms with Gasteiger partial charge in [-0.2, -0.15) is 0 Å². The van der Waals surface area contributed by atoms with Crippen molar-refractivity contribution >= 4 is 5.97 Å². The lowest BCUT2D eigenvalue weighted by atomic mass is 9.97. The Morgan fingerprint density at radius 1 is 1.11 bits per heavy atom. The van der Waals surface area contributed by atoms with Crippen LogP contribution < -0.4 is 9.47 Å². The van der Waals surface area contributed by atoms with Crippen LogP contribution in [-0.2, 0) is 15.1 Å². The summed E-state index contributed by atoms with van der Waals surface area (Å²) in [6, 6.07) is 5.48. The lowest BCUT2D eigenvalue weighted by Crippen LogP contribution is -2.25. The first-order valence-corrected chi connectivity index (χ1v) is 6.38. The largest absolute Gasteiger partial charge is 0.497 e. The number of methoxy groups -OCH3 is 2. The molecule has 1 aromatic rings. The van der Waals surface area contributed by atoms with Crippen LogP contribution in [0.1, 0.15) is 39.2 Å². The number of hydrogen-bond donors (Lipinski definition) is 0. The van der Waals surface area contributed by atoms with Crippen molar-refractivity contribution in [2.75, 3.05) is 14.2 Å². The van der Waals surface area contributed by atoms with Crippen LogP contribution in [0.4, 0.5) is 0 Å². The molecule has 0 unspecified atom stereocenters. The van der Waals surface area contributed by atoms with Crippen LogP contribution in [0.3, 0.4) is 0 Å². The monoisotopic (exact) mass is 266 g/mol. The van der Waals surface area contributed by atoms with Gasteiger partial charge in [0.05, 0.1) is 14.2 Å². The minimum atomic E-state index is -0.714. The van der Waals surface area contributed by atoms with Crippen molar-refractivity contribution < 1.29 is 19.0 Å². The minimum absolute atomic E-state index is 0.200. The molecule has 0 radical (unpaired) electrons. The number of hydrogen-bond acceptors (Lipinski definition) is 4. The third-order valence-corrected chi connectivity index (χ3v) is 2.87. The molecule has 0 heterocycles. The molecule has 106 valence electrons. The Morgan fingerprint density at radius 2 is 1.63 bits per heavy atom. The van der Waals surface area contributed by atoms with E-state index < -0.39 is 5.60 Å². The van der Waals surface area contributed by atoms with Crippen LogP contribution >= 0.6 is 0 Å². The zero-order valence-electron chi connectivity index (χ0n) is 12.3. The molecule has 0 saturated heterocycles. The zero-order valence-corrected chi connectivity index (χ0v) is 12.3. The molecule has 0 spiro atoms. The number of ether oxygens (including phenoxy) is 3. The van der Waals surface area contributed by atoms with Gasteiger partial charge in [-0.05, 0) is 32.4 Å². The average Bonchev–Trinajstić information content (AvgIpc) is 2.37. The van der Waals surface area contributed by atoms with E-state index in [0.717, 1.165) is 12.0 Å². The highest BCUT2D eigenvalue weighted by Crippen LogP contribution is 2.32. The number of benzene rings is 1. The number of carbonyl (C=O) groups is 1. The van der Waals surface area contributed by atoms with Crippen LogP contribution in [0.25, 0.3) is 0 Å². The molecular weight excluding hydrogens is 244 g/mol. The first-order chi connectivity index (χ1) is 8.92. The Hall–Kier alpha value is -1.71. The number of rotatable bonds is 6. The molecule has 0 aliphatic heterocycles. The third kappa shape index (κ3) is 4.16. The fraction of sp³-hybridized carbons (Fsp3) is 0.533. The fourth-order valence-electron chi connectivity index (χ4n) is 1.75. The van der Waals surface area contributed by atoms with Crippen molar-refractivity contribution in [3.63, 3.8) is 0 Å². The Labute approximate surface area is 114 Å². The summed E-state index contributed by atoms with van der Waals surface area (Å²) in [7, 11) is 3.18. The van der Waals surface area contributed by atoms with E-state index >= 15 is 0 Å². The quantitative estimate of drug-likeness (QED) is 0.741. The number of carbonyl (C=O) groups excluding carboxylic acids is 1. The van der Waals surface area contributed by atoms with Crippen LogP contribution in [0, 0.1) is 0 Å². The molecule has 0 N–H and O–H groups in total. The Kier molecular flexibility index (Phi) is 5.21. The first-order valence-electron chi connectivity index (χ1n) is 6.38. The van der Waals surface area contributed by atoms with Gasteiger partial charge < -0.3 is 14.2 Å². The molecule has 0 aliphatic rings. The molecule has 0 aromatic heterocycles. The maximum atomic E-state index is 11.7. The van der Waals surface area contributed by atoms with Crippen LogP contribution in [-0.4, -0.2) is 20.2 Å². The molecule has 19 heavy (non-hydrogen) atoms. The first kappa shape index (κ1) is 15.3. The molecule has 0 amide bonds. The van der Waals surface area contributed by atoms with Gasteiger partial charge in [-0.15, -0.1) is 0 Å². The summed E-state index contributed by atoms with van der Waals surface area (Å²) < 4.78 is 16.0. The van der Waals surface area contributed by atoms with Crippen molar-refractivity contribution in [2.24, 2.45) is 0 Å². The van der Waals surface area contributed by atoms with E-state index in [4.69, 9.17) is 14.2 Å². The summed E-state index contributed by atoms with van der Waals surface area (Å²) in [4.78, 5) is 11.7. The molecule has 0 atom stereocenters. The molecule has 0 aliphatic carbocycles. The van der Waals surface area contributed by atoms with Gasteiger partial charge in [-0.1, -0.05) is 6.92 Å². The lowest BCUT2D eigenvalue weighted by molar-refractivity contribution is -0.157. The standard InChI is InChI=1S/C15H22O4/c1-6-7-14(16)19-15(2,3)11-8-12(17-4)10-13(9-11)18-5/h8-10H,6-7H2,1-5H3. The second kappa shape index (κ2) is 6.45. The van der Waals surface area contributed by atoms with E-state index in [9.17, 15) is 4.79 Å². The third-order valence-electron chi connectivity index (χ3n) is 2.87. The SMILES string of the molecule is CCCC(=O)OC(C)(C)c1cc(OC)cc(OC)c1. The maximum Gasteiger partial charge on any atom is 0.306 e. The van der Waals surface area contributed by atoms with E-state index in [1.807, 2.05) is 32.9 Å². The highest BCUT2D eigenvalue weighted by atomic mass is 16.6. The predicted molar refractivity (Wildman–Crippen MR) is 73.6 cm³/mol. The van der Waals surface area contributed by atoms with Gasteiger partial charge in [-0.25, -0.2) is 0 Å².